The fraction of sp³-hybridized carbons (Fsp3) is 0.417. The van der Waals surface area contributed by atoms with Crippen LogP contribution in [0, 0.1) is 0 Å². The van der Waals surface area contributed by atoms with Gasteiger partial charge in [0.05, 0.1) is 6.61 Å². The van der Waals surface area contributed by atoms with Crippen molar-refractivity contribution in [1.82, 2.24) is 20.3 Å². The van der Waals surface area contributed by atoms with Gasteiger partial charge in [0.1, 0.15) is 22.3 Å². The zero-order chi connectivity index (χ0) is 22.8. The van der Waals surface area contributed by atoms with Crippen LogP contribution in [0.2, 0.25) is 0 Å². The summed E-state index contributed by atoms with van der Waals surface area (Å²) in [6, 6.07) is 8.48. The van der Waals surface area contributed by atoms with E-state index >= 15 is 0 Å². The Morgan fingerprint density at radius 1 is 1.12 bits per heavy atom. The monoisotopic (exact) mass is 464 g/mol. The lowest BCUT2D eigenvalue weighted by Gasteiger charge is -2.29. The number of amides is 1. The minimum atomic E-state index is -0.0968. The van der Waals surface area contributed by atoms with Gasteiger partial charge in [-0.1, -0.05) is 0 Å². The van der Waals surface area contributed by atoms with E-state index in [1.807, 2.05) is 42.6 Å². The second kappa shape index (κ2) is 9.35. The van der Waals surface area contributed by atoms with Gasteiger partial charge in [-0.25, -0.2) is 9.97 Å². The van der Waals surface area contributed by atoms with E-state index < -0.39 is 0 Å². The van der Waals surface area contributed by atoms with Crippen LogP contribution in [0.5, 0.6) is 5.75 Å². The molecule has 9 heteroatoms. The summed E-state index contributed by atoms with van der Waals surface area (Å²) in [5.41, 5.74) is 2.73. The first-order valence-electron chi connectivity index (χ1n) is 11.3. The zero-order valence-electron chi connectivity index (χ0n) is 18.9. The summed E-state index contributed by atoms with van der Waals surface area (Å²) in [6.07, 6.45) is 6.44. The third-order valence-electron chi connectivity index (χ3n) is 6.17. The lowest BCUT2D eigenvalue weighted by Crippen LogP contribution is -2.40. The quantitative estimate of drug-likeness (QED) is 0.574. The molecule has 3 aromatic rings. The molecule has 172 valence electrons. The summed E-state index contributed by atoms with van der Waals surface area (Å²) < 4.78 is 5.58. The van der Waals surface area contributed by atoms with Gasteiger partial charge in [-0.15, -0.1) is 11.3 Å². The molecule has 1 amide bonds. The van der Waals surface area contributed by atoms with Crippen LogP contribution in [0.3, 0.4) is 0 Å². The van der Waals surface area contributed by atoms with Crippen LogP contribution < -0.4 is 20.3 Å². The SMILES string of the molecule is CN(C)c1ccnc(NC2CCC(NC(=O)c3csc(-c4ccc5c(c4)CCO5)n3)CC2)n1. The number of hydrogen-bond acceptors (Lipinski definition) is 8. The Hall–Kier alpha value is -3.20. The van der Waals surface area contributed by atoms with Gasteiger partial charge in [0.15, 0.2) is 0 Å². The first-order chi connectivity index (χ1) is 16.0. The summed E-state index contributed by atoms with van der Waals surface area (Å²) in [4.78, 5) is 28.2. The van der Waals surface area contributed by atoms with Crippen LogP contribution in [0.25, 0.3) is 10.6 Å². The number of thiazole rings is 1. The lowest BCUT2D eigenvalue weighted by atomic mass is 9.91. The molecule has 0 bridgehead atoms. The van der Waals surface area contributed by atoms with E-state index in [0.717, 1.165) is 60.8 Å². The standard InChI is InChI=1S/C24H28N6O2S/c1-30(2)21-9-11-25-24(29-21)27-18-6-4-17(5-7-18)26-22(31)19-14-33-23(28-19)16-3-8-20-15(13-16)10-12-32-20/h3,8-9,11,13-14,17-18H,4-7,10,12H2,1-2H3,(H,26,31)(H,25,27,29). The van der Waals surface area contributed by atoms with Crippen LogP contribution in [0.1, 0.15) is 41.7 Å². The number of carbonyl (C=O) groups is 1. The van der Waals surface area contributed by atoms with Gasteiger partial charge >= 0.3 is 0 Å². The highest BCUT2D eigenvalue weighted by atomic mass is 32.1. The highest BCUT2D eigenvalue weighted by molar-refractivity contribution is 7.13. The Morgan fingerprint density at radius 2 is 1.94 bits per heavy atom. The molecule has 0 saturated heterocycles. The molecule has 3 heterocycles. The predicted octanol–water partition coefficient (Wildman–Crippen LogP) is 3.75. The average molecular weight is 465 g/mol. The highest BCUT2D eigenvalue weighted by Crippen LogP contribution is 2.32. The molecular weight excluding hydrogens is 436 g/mol. The number of hydrogen-bond donors (Lipinski definition) is 2. The summed E-state index contributed by atoms with van der Waals surface area (Å²) in [5.74, 6) is 2.39. The van der Waals surface area contributed by atoms with Gasteiger partial charge in [0, 0.05) is 49.7 Å². The molecule has 0 unspecified atom stereocenters. The van der Waals surface area contributed by atoms with E-state index in [2.05, 4.69) is 31.7 Å². The number of rotatable bonds is 6. The molecule has 33 heavy (non-hydrogen) atoms. The summed E-state index contributed by atoms with van der Waals surface area (Å²) in [7, 11) is 3.93. The van der Waals surface area contributed by atoms with Crippen molar-refractivity contribution >= 4 is 29.0 Å². The number of benzene rings is 1. The van der Waals surface area contributed by atoms with E-state index in [-0.39, 0.29) is 11.9 Å². The van der Waals surface area contributed by atoms with Gasteiger partial charge < -0.3 is 20.3 Å². The molecule has 0 spiro atoms. The first-order valence-corrected chi connectivity index (χ1v) is 12.2. The summed E-state index contributed by atoms with van der Waals surface area (Å²) in [6.45, 7) is 0.734. The van der Waals surface area contributed by atoms with Crippen LogP contribution in [-0.2, 0) is 6.42 Å². The maximum absolute atomic E-state index is 12.8. The minimum absolute atomic E-state index is 0.0968. The number of aromatic nitrogens is 3. The van der Waals surface area contributed by atoms with Gasteiger partial charge in [-0.05, 0) is 55.5 Å². The van der Waals surface area contributed by atoms with Crippen molar-refractivity contribution in [2.75, 3.05) is 30.9 Å². The van der Waals surface area contributed by atoms with Gasteiger partial charge in [-0.3, -0.25) is 4.79 Å². The van der Waals surface area contributed by atoms with Crippen molar-refractivity contribution in [3.8, 4) is 16.3 Å². The molecule has 1 aliphatic carbocycles. The highest BCUT2D eigenvalue weighted by Gasteiger charge is 2.24. The molecule has 0 radical (unpaired) electrons. The van der Waals surface area contributed by atoms with E-state index in [4.69, 9.17) is 4.74 Å². The van der Waals surface area contributed by atoms with E-state index in [9.17, 15) is 4.79 Å². The van der Waals surface area contributed by atoms with Crippen LogP contribution in [-0.4, -0.2) is 53.6 Å². The number of nitrogens with one attached hydrogen (secondary N) is 2. The second-order valence-electron chi connectivity index (χ2n) is 8.76. The normalized spacial score (nSPS) is 19.5. The Bertz CT molecular complexity index is 1140. The third kappa shape index (κ3) is 4.93. The summed E-state index contributed by atoms with van der Waals surface area (Å²) in [5, 5.41) is 9.32. The van der Waals surface area contributed by atoms with Gasteiger partial charge in [0.25, 0.3) is 5.91 Å². The number of ether oxygens (including phenoxy) is 1. The van der Waals surface area contributed by atoms with Gasteiger partial charge in [-0.2, -0.15) is 4.98 Å². The smallest absolute Gasteiger partial charge is 0.270 e. The molecule has 1 aliphatic heterocycles. The Morgan fingerprint density at radius 3 is 2.76 bits per heavy atom. The van der Waals surface area contributed by atoms with Crippen molar-refractivity contribution in [2.24, 2.45) is 0 Å². The fourth-order valence-electron chi connectivity index (χ4n) is 4.32. The topological polar surface area (TPSA) is 92.3 Å². The van der Waals surface area contributed by atoms with E-state index in [1.165, 1.54) is 16.9 Å². The van der Waals surface area contributed by atoms with Crippen LogP contribution in [0.15, 0.2) is 35.8 Å². The lowest BCUT2D eigenvalue weighted by molar-refractivity contribution is 0.0922. The molecule has 1 aromatic carbocycles. The van der Waals surface area contributed by atoms with Crippen LogP contribution in [0.4, 0.5) is 11.8 Å². The minimum Gasteiger partial charge on any atom is -0.493 e. The Balaban J connectivity index is 1.14. The number of carbonyl (C=O) groups excluding carboxylic acids is 1. The van der Waals surface area contributed by atoms with E-state index in [0.29, 0.717) is 17.7 Å². The zero-order valence-corrected chi connectivity index (χ0v) is 19.7. The number of fused-ring (bicyclic) bond motifs is 1. The third-order valence-corrected chi connectivity index (χ3v) is 7.06. The van der Waals surface area contributed by atoms with Crippen molar-refractivity contribution in [1.29, 1.82) is 0 Å². The average Bonchev–Trinajstić information content (AvgIpc) is 3.50. The maximum atomic E-state index is 12.8. The van der Waals surface area contributed by atoms with Crippen molar-refractivity contribution < 1.29 is 9.53 Å². The first kappa shape index (κ1) is 21.6. The largest absolute Gasteiger partial charge is 0.493 e. The number of nitrogens with zero attached hydrogens (tertiary/aromatic N) is 4. The fourth-order valence-corrected chi connectivity index (χ4v) is 5.12. The van der Waals surface area contributed by atoms with Crippen molar-refractivity contribution in [3.05, 3.63) is 47.1 Å². The number of anilines is 2. The van der Waals surface area contributed by atoms with E-state index in [1.54, 1.807) is 6.20 Å². The molecule has 5 rings (SSSR count). The molecule has 8 nitrogen and oxygen atoms in total. The molecule has 2 N–H and O–H groups in total. The molecule has 1 saturated carbocycles. The molecule has 2 aromatic heterocycles. The molecule has 2 aliphatic rings. The maximum Gasteiger partial charge on any atom is 0.270 e. The van der Waals surface area contributed by atoms with Crippen LogP contribution >= 0.6 is 11.3 Å². The Kier molecular flexibility index (Phi) is 6.13. The molecule has 1 fully saturated rings. The summed E-state index contributed by atoms with van der Waals surface area (Å²) >= 11 is 1.50. The Labute approximate surface area is 197 Å². The van der Waals surface area contributed by atoms with Crippen molar-refractivity contribution in [3.63, 3.8) is 0 Å². The molecule has 0 atom stereocenters. The predicted molar refractivity (Wildman–Crippen MR) is 130 cm³/mol. The molecular formula is C24H28N6O2S. The van der Waals surface area contributed by atoms with Gasteiger partial charge in [0.2, 0.25) is 5.95 Å². The van der Waals surface area contributed by atoms with Crippen molar-refractivity contribution in [2.45, 2.75) is 44.2 Å². The second-order valence-corrected chi connectivity index (χ2v) is 9.62.